The van der Waals surface area contributed by atoms with E-state index in [-0.39, 0.29) is 5.97 Å². The summed E-state index contributed by atoms with van der Waals surface area (Å²) in [7, 11) is 0. The van der Waals surface area contributed by atoms with Crippen LogP contribution in [0.2, 0.25) is 0 Å². The predicted molar refractivity (Wildman–Crippen MR) is 105 cm³/mol. The summed E-state index contributed by atoms with van der Waals surface area (Å²) in [5.41, 5.74) is 0.396. The van der Waals surface area contributed by atoms with Crippen molar-refractivity contribution in [3.8, 4) is 0 Å². The van der Waals surface area contributed by atoms with Crippen molar-refractivity contribution < 1.29 is 9.53 Å². The zero-order chi connectivity index (χ0) is 18.0. The summed E-state index contributed by atoms with van der Waals surface area (Å²) in [5, 5.41) is 0. The fraction of sp³-hybridized carbons (Fsp3) is 0.727. The highest BCUT2D eigenvalue weighted by molar-refractivity contribution is 5.87. The molecule has 0 aliphatic heterocycles. The van der Waals surface area contributed by atoms with Crippen molar-refractivity contribution in [3.05, 3.63) is 30.1 Å². The second-order valence-electron chi connectivity index (χ2n) is 6.95. The van der Waals surface area contributed by atoms with Crippen LogP contribution in [0.1, 0.15) is 107 Å². The number of carbonyl (C=O) groups is 1. The van der Waals surface area contributed by atoms with Crippen LogP contribution in [0, 0.1) is 0 Å². The number of aromatic nitrogens is 1. The third kappa shape index (κ3) is 12.6. The van der Waals surface area contributed by atoms with Gasteiger partial charge in [-0.15, -0.1) is 0 Å². The third-order valence-corrected chi connectivity index (χ3v) is 4.61. The summed E-state index contributed by atoms with van der Waals surface area (Å²) in [5.74, 6) is -0.310. The average molecular weight is 348 g/mol. The van der Waals surface area contributed by atoms with Gasteiger partial charge in [-0.2, -0.15) is 0 Å². The number of rotatable bonds is 16. The number of pyridine rings is 1. The molecule has 0 fully saturated rings. The first-order valence-corrected chi connectivity index (χ1v) is 10.4. The number of carbonyl (C=O) groups excluding carboxylic acids is 1. The first kappa shape index (κ1) is 21.7. The van der Waals surface area contributed by atoms with Crippen LogP contribution >= 0.6 is 0 Å². The molecule has 3 nitrogen and oxygen atoms in total. The quantitative estimate of drug-likeness (QED) is 0.246. The average Bonchev–Trinajstić information content (AvgIpc) is 2.65. The molecular formula is C22H37NO2. The van der Waals surface area contributed by atoms with E-state index in [0.717, 1.165) is 12.8 Å². The molecule has 0 spiro atoms. The minimum Gasteiger partial charge on any atom is -0.461 e. The molecule has 3 heteroatoms. The lowest BCUT2D eigenvalue weighted by atomic mass is 10.0. The van der Waals surface area contributed by atoms with E-state index in [1.54, 1.807) is 24.4 Å². The van der Waals surface area contributed by atoms with Crippen molar-refractivity contribution in [2.75, 3.05) is 6.61 Å². The highest BCUT2D eigenvalue weighted by Gasteiger charge is 2.06. The van der Waals surface area contributed by atoms with Crippen molar-refractivity contribution in [2.45, 2.75) is 96.8 Å². The van der Waals surface area contributed by atoms with Gasteiger partial charge in [0, 0.05) is 6.20 Å². The summed E-state index contributed by atoms with van der Waals surface area (Å²) in [6.07, 6.45) is 20.3. The fourth-order valence-corrected chi connectivity index (χ4v) is 3.02. The van der Waals surface area contributed by atoms with Crippen molar-refractivity contribution in [1.29, 1.82) is 0 Å². The van der Waals surface area contributed by atoms with E-state index in [2.05, 4.69) is 11.9 Å². The maximum absolute atomic E-state index is 11.7. The molecule has 0 atom stereocenters. The minimum atomic E-state index is -0.310. The number of unbranched alkanes of at least 4 members (excludes halogenated alkanes) is 13. The monoisotopic (exact) mass is 347 g/mol. The molecule has 1 aromatic heterocycles. The van der Waals surface area contributed by atoms with Crippen LogP contribution in [0.15, 0.2) is 24.4 Å². The van der Waals surface area contributed by atoms with Crippen LogP contribution in [0.4, 0.5) is 0 Å². The Morgan fingerprint density at radius 2 is 1.32 bits per heavy atom. The maximum atomic E-state index is 11.7. The predicted octanol–water partition coefficient (Wildman–Crippen LogP) is 6.72. The molecule has 0 amide bonds. The Hall–Kier alpha value is -1.38. The maximum Gasteiger partial charge on any atom is 0.356 e. The van der Waals surface area contributed by atoms with Crippen molar-refractivity contribution in [2.24, 2.45) is 0 Å². The number of ether oxygens (including phenoxy) is 1. The third-order valence-electron chi connectivity index (χ3n) is 4.61. The first-order chi connectivity index (χ1) is 12.3. The fourth-order valence-electron chi connectivity index (χ4n) is 3.02. The molecule has 0 aliphatic carbocycles. The molecule has 1 rings (SSSR count). The van der Waals surface area contributed by atoms with Crippen LogP contribution in [-0.2, 0) is 4.74 Å². The van der Waals surface area contributed by atoms with Crippen molar-refractivity contribution in [3.63, 3.8) is 0 Å². The SMILES string of the molecule is CCCCCCCCCCCCCCCCOC(=O)c1ccccn1. The Kier molecular flexibility index (Phi) is 14.0. The van der Waals surface area contributed by atoms with Crippen LogP contribution in [0.25, 0.3) is 0 Å². The smallest absolute Gasteiger partial charge is 0.356 e. The van der Waals surface area contributed by atoms with E-state index in [1.807, 2.05) is 0 Å². The lowest BCUT2D eigenvalue weighted by Gasteiger charge is -2.05. The second-order valence-corrected chi connectivity index (χ2v) is 6.95. The standard InChI is InChI=1S/C22H37NO2/c1-2-3-4-5-6-7-8-9-10-11-12-13-14-17-20-25-22(24)21-18-15-16-19-23-21/h15-16,18-19H,2-14,17,20H2,1H3. The Balaban J connectivity index is 1.78. The van der Waals surface area contributed by atoms with Crippen LogP contribution in [0.5, 0.6) is 0 Å². The van der Waals surface area contributed by atoms with Gasteiger partial charge in [-0.3, -0.25) is 0 Å². The molecule has 0 aromatic carbocycles. The Bertz CT molecular complexity index is 419. The number of nitrogens with zero attached hydrogens (tertiary/aromatic N) is 1. The molecule has 142 valence electrons. The van der Waals surface area contributed by atoms with E-state index >= 15 is 0 Å². The topological polar surface area (TPSA) is 39.2 Å². The summed E-state index contributed by atoms with van der Waals surface area (Å²) < 4.78 is 5.23. The molecule has 0 unspecified atom stereocenters. The number of hydrogen-bond donors (Lipinski definition) is 0. The first-order valence-electron chi connectivity index (χ1n) is 10.4. The largest absolute Gasteiger partial charge is 0.461 e. The second kappa shape index (κ2) is 16.1. The van der Waals surface area contributed by atoms with Gasteiger partial charge in [0.15, 0.2) is 0 Å². The molecule has 0 saturated carbocycles. The summed E-state index contributed by atoms with van der Waals surface area (Å²) in [6, 6.07) is 5.29. The zero-order valence-corrected chi connectivity index (χ0v) is 16.2. The van der Waals surface area contributed by atoms with Crippen molar-refractivity contribution >= 4 is 5.97 Å². The van der Waals surface area contributed by atoms with Gasteiger partial charge in [-0.1, -0.05) is 96.5 Å². The molecule has 0 bridgehead atoms. The highest BCUT2D eigenvalue weighted by atomic mass is 16.5. The van der Waals surface area contributed by atoms with Gasteiger partial charge in [-0.05, 0) is 18.6 Å². The van der Waals surface area contributed by atoms with Crippen LogP contribution in [-0.4, -0.2) is 17.6 Å². The molecule has 0 radical (unpaired) electrons. The normalized spacial score (nSPS) is 10.8. The zero-order valence-electron chi connectivity index (χ0n) is 16.2. The van der Waals surface area contributed by atoms with Gasteiger partial charge in [0.1, 0.15) is 5.69 Å². The highest BCUT2D eigenvalue weighted by Crippen LogP contribution is 2.13. The van der Waals surface area contributed by atoms with Gasteiger partial charge >= 0.3 is 5.97 Å². The Morgan fingerprint density at radius 1 is 0.800 bits per heavy atom. The Labute approximate surface area is 154 Å². The number of esters is 1. The van der Waals surface area contributed by atoms with E-state index < -0.39 is 0 Å². The molecule has 0 aliphatic rings. The Morgan fingerprint density at radius 3 is 1.80 bits per heavy atom. The summed E-state index contributed by atoms with van der Waals surface area (Å²) >= 11 is 0. The van der Waals surface area contributed by atoms with Gasteiger partial charge in [-0.25, -0.2) is 9.78 Å². The molecule has 1 aromatic rings. The van der Waals surface area contributed by atoms with E-state index in [0.29, 0.717) is 12.3 Å². The lowest BCUT2D eigenvalue weighted by molar-refractivity contribution is 0.0491. The molecule has 0 N–H and O–H groups in total. The van der Waals surface area contributed by atoms with Crippen LogP contribution < -0.4 is 0 Å². The van der Waals surface area contributed by atoms with E-state index in [1.165, 1.54) is 77.0 Å². The van der Waals surface area contributed by atoms with Gasteiger partial charge in [0.25, 0.3) is 0 Å². The van der Waals surface area contributed by atoms with Gasteiger partial charge < -0.3 is 4.74 Å². The molecule has 0 saturated heterocycles. The summed E-state index contributed by atoms with van der Waals surface area (Å²) in [6.45, 7) is 2.78. The lowest BCUT2D eigenvalue weighted by Crippen LogP contribution is -2.08. The van der Waals surface area contributed by atoms with Crippen molar-refractivity contribution in [1.82, 2.24) is 4.98 Å². The molecular weight excluding hydrogens is 310 g/mol. The molecule has 1 heterocycles. The van der Waals surface area contributed by atoms with E-state index in [4.69, 9.17) is 4.74 Å². The number of hydrogen-bond acceptors (Lipinski definition) is 3. The van der Waals surface area contributed by atoms with Gasteiger partial charge in [0.2, 0.25) is 0 Å². The summed E-state index contributed by atoms with van der Waals surface area (Å²) in [4.78, 5) is 15.7. The van der Waals surface area contributed by atoms with Crippen LogP contribution in [0.3, 0.4) is 0 Å². The minimum absolute atomic E-state index is 0.310. The molecule has 25 heavy (non-hydrogen) atoms. The van der Waals surface area contributed by atoms with Gasteiger partial charge in [0.05, 0.1) is 6.61 Å². The van der Waals surface area contributed by atoms with E-state index in [9.17, 15) is 4.79 Å².